The van der Waals surface area contributed by atoms with Crippen molar-refractivity contribution < 1.29 is 4.79 Å². The summed E-state index contributed by atoms with van der Waals surface area (Å²) in [5.41, 5.74) is 12.8. The van der Waals surface area contributed by atoms with E-state index in [-0.39, 0.29) is 11.7 Å². The number of amides is 1. The normalized spacial score (nSPS) is 12.2. The van der Waals surface area contributed by atoms with Crippen LogP contribution in [-0.2, 0) is 4.79 Å². The number of carbonyl (C=O) groups excluding carboxylic acids is 1. The minimum atomic E-state index is -0.571. The van der Waals surface area contributed by atoms with Crippen molar-refractivity contribution in [3.05, 3.63) is 42.5 Å². The molecule has 0 aliphatic rings. The molecule has 126 valence electrons. The van der Waals surface area contributed by atoms with Crippen molar-refractivity contribution in [1.82, 2.24) is 4.98 Å². The van der Waals surface area contributed by atoms with Crippen LogP contribution >= 0.6 is 11.8 Å². The lowest BCUT2D eigenvalue weighted by Gasteiger charge is -2.11. The Morgan fingerprint density at radius 2 is 2.00 bits per heavy atom. The first kappa shape index (κ1) is 17.9. The molecule has 0 saturated heterocycles. The minimum Gasteiger partial charge on any atom is -0.382 e. The topological polar surface area (TPSA) is 119 Å². The number of pyridine rings is 1. The number of hydrogen-bond acceptors (Lipinski definition) is 7. The predicted octanol–water partition coefficient (Wildman–Crippen LogP) is 3.10. The minimum absolute atomic E-state index is 0.185. The average Bonchev–Trinajstić information content (AvgIpc) is 2.59. The third-order valence-corrected chi connectivity index (χ3v) is 3.80. The number of azo groups is 1. The van der Waals surface area contributed by atoms with Gasteiger partial charge in [0.1, 0.15) is 11.5 Å². The van der Waals surface area contributed by atoms with E-state index in [4.69, 9.17) is 11.5 Å². The fraction of sp³-hybridized carbons (Fsp3) is 0.250. The number of nitrogens with one attached hydrogen (secondary N) is 1. The lowest BCUT2D eigenvalue weighted by Crippen LogP contribution is -2.36. The fourth-order valence-corrected chi connectivity index (χ4v) is 2.31. The van der Waals surface area contributed by atoms with Crippen LogP contribution in [0.2, 0.25) is 0 Å². The van der Waals surface area contributed by atoms with Gasteiger partial charge in [0.15, 0.2) is 5.82 Å². The summed E-state index contributed by atoms with van der Waals surface area (Å²) in [6, 6.07) is 12.0. The number of hydrogen-bond donors (Lipinski definition) is 3. The zero-order chi connectivity index (χ0) is 17.4. The maximum absolute atomic E-state index is 12.0. The summed E-state index contributed by atoms with van der Waals surface area (Å²) in [7, 11) is 0. The second kappa shape index (κ2) is 8.99. The molecule has 8 heteroatoms. The van der Waals surface area contributed by atoms with Crippen LogP contribution in [0.4, 0.5) is 23.0 Å². The molecule has 1 heterocycles. The lowest BCUT2D eigenvalue weighted by molar-refractivity contribution is -0.117. The Balaban J connectivity index is 2.01. The van der Waals surface area contributed by atoms with Gasteiger partial charge in [-0.3, -0.25) is 4.79 Å². The van der Waals surface area contributed by atoms with Crippen molar-refractivity contribution in [2.75, 3.05) is 23.1 Å². The molecule has 0 aliphatic carbocycles. The van der Waals surface area contributed by atoms with Crippen molar-refractivity contribution in [1.29, 1.82) is 0 Å². The molecule has 0 saturated carbocycles. The van der Waals surface area contributed by atoms with E-state index in [0.717, 1.165) is 5.75 Å². The van der Waals surface area contributed by atoms with Crippen LogP contribution in [0.1, 0.15) is 6.42 Å². The molecular weight excluding hydrogens is 324 g/mol. The van der Waals surface area contributed by atoms with Crippen LogP contribution in [0.3, 0.4) is 0 Å². The number of nitrogen functional groups attached to an aromatic ring is 1. The van der Waals surface area contributed by atoms with Gasteiger partial charge < -0.3 is 16.8 Å². The SMILES string of the molecule is CSCC[C@H](N)C(=O)Nc1ccc(/N=N/c2ccccc2)c(N)n1. The average molecular weight is 344 g/mol. The largest absolute Gasteiger partial charge is 0.382 e. The van der Waals surface area contributed by atoms with Crippen molar-refractivity contribution in [2.45, 2.75) is 12.5 Å². The van der Waals surface area contributed by atoms with Crippen LogP contribution in [0.5, 0.6) is 0 Å². The summed E-state index contributed by atoms with van der Waals surface area (Å²) in [6.07, 6.45) is 2.57. The number of rotatable bonds is 7. The summed E-state index contributed by atoms with van der Waals surface area (Å²) < 4.78 is 0. The van der Waals surface area contributed by atoms with Crippen LogP contribution in [0.25, 0.3) is 0 Å². The number of nitrogens with zero attached hydrogens (tertiary/aromatic N) is 3. The molecule has 2 rings (SSSR count). The number of thioether (sulfide) groups is 1. The molecule has 24 heavy (non-hydrogen) atoms. The smallest absolute Gasteiger partial charge is 0.242 e. The molecule has 5 N–H and O–H groups in total. The number of nitrogens with two attached hydrogens (primary N) is 2. The molecule has 0 bridgehead atoms. The van der Waals surface area contributed by atoms with E-state index >= 15 is 0 Å². The standard InChI is InChI=1S/C16H20N6OS/c1-24-10-9-12(17)16(23)20-14-8-7-13(15(18)19-14)22-21-11-5-3-2-4-6-11/h2-8,12H,9-10,17H2,1H3,(H3,18,19,20,23)/b22-21+/t12-/m0/s1. The second-order valence-electron chi connectivity index (χ2n) is 5.01. The molecule has 0 radical (unpaired) electrons. The Kier molecular flexibility index (Phi) is 6.71. The molecule has 0 spiro atoms. The Hall–Kier alpha value is -2.45. The molecule has 1 aromatic heterocycles. The molecule has 1 amide bonds. The number of benzene rings is 1. The van der Waals surface area contributed by atoms with Gasteiger partial charge in [-0.25, -0.2) is 4.98 Å². The molecule has 0 aliphatic heterocycles. The monoisotopic (exact) mass is 344 g/mol. The van der Waals surface area contributed by atoms with Gasteiger partial charge in [-0.2, -0.15) is 16.9 Å². The first-order valence-electron chi connectivity index (χ1n) is 7.39. The van der Waals surface area contributed by atoms with Crippen molar-refractivity contribution >= 4 is 40.7 Å². The van der Waals surface area contributed by atoms with E-state index in [0.29, 0.717) is 23.6 Å². The van der Waals surface area contributed by atoms with Gasteiger partial charge in [0.25, 0.3) is 0 Å². The number of carbonyl (C=O) groups is 1. The summed E-state index contributed by atoms with van der Waals surface area (Å²) in [5, 5.41) is 10.8. The Labute approximate surface area is 144 Å². The van der Waals surface area contributed by atoms with Crippen LogP contribution in [0, 0.1) is 0 Å². The molecule has 1 aromatic carbocycles. The van der Waals surface area contributed by atoms with E-state index in [1.807, 2.05) is 36.6 Å². The van der Waals surface area contributed by atoms with Gasteiger partial charge >= 0.3 is 0 Å². The van der Waals surface area contributed by atoms with Crippen molar-refractivity contribution in [3.63, 3.8) is 0 Å². The maximum atomic E-state index is 12.0. The molecule has 0 fully saturated rings. The third kappa shape index (κ3) is 5.32. The number of anilines is 2. The molecule has 7 nitrogen and oxygen atoms in total. The molecule has 0 unspecified atom stereocenters. The van der Waals surface area contributed by atoms with Crippen LogP contribution in [-0.4, -0.2) is 28.9 Å². The third-order valence-electron chi connectivity index (χ3n) is 3.15. The highest BCUT2D eigenvalue weighted by atomic mass is 32.2. The fourth-order valence-electron chi connectivity index (χ4n) is 1.82. The van der Waals surface area contributed by atoms with E-state index in [9.17, 15) is 4.79 Å². The summed E-state index contributed by atoms with van der Waals surface area (Å²) in [5.74, 6) is 1.07. The van der Waals surface area contributed by atoms with Gasteiger partial charge in [-0.1, -0.05) is 18.2 Å². The van der Waals surface area contributed by atoms with Gasteiger partial charge in [-0.15, -0.1) is 5.11 Å². The van der Waals surface area contributed by atoms with Crippen molar-refractivity contribution in [3.8, 4) is 0 Å². The van der Waals surface area contributed by atoms with E-state index in [1.54, 1.807) is 23.9 Å². The summed E-state index contributed by atoms with van der Waals surface area (Å²) >= 11 is 1.64. The highest BCUT2D eigenvalue weighted by Crippen LogP contribution is 2.24. The second-order valence-corrected chi connectivity index (χ2v) is 6.00. The van der Waals surface area contributed by atoms with Gasteiger partial charge in [-0.05, 0) is 42.7 Å². The Bertz CT molecular complexity index is 707. The van der Waals surface area contributed by atoms with E-state index < -0.39 is 6.04 Å². The Morgan fingerprint density at radius 3 is 2.67 bits per heavy atom. The summed E-state index contributed by atoms with van der Waals surface area (Å²) in [4.78, 5) is 16.1. The van der Waals surface area contributed by atoms with E-state index in [2.05, 4.69) is 20.5 Å². The molecule has 1 atom stereocenters. The zero-order valence-corrected chi connectivity index (χ0v) is 14.2. The van der Waals surface area contributed by atoms with Gasteiger partial charge in [0.2, 0.25) is 5.91 Å². The zero-order valence-electron chi connectivity index (χ0n) is 13.3. The van der Waals surface area contributed by atoms with Gasteiger partial charge in [0, 0.05) is 0 Å². The highest BCUT2D eigenvalue weighted by Gasteiger charge is 2.14. The highest BCUT2D eigenvalue weighted by molar-refractivity contribution is 7.98. The van der Waals surface area contributed by atoms with Crippen molar-refractivity contribution in [2.24, 2.45) is 16.0 Å². The molecular formula is C16H20N6OS. The number of aromatic nitrogens is 1. The lowest BCUT2D eigenvalue weighted by atomic mass is 10.2. The van der Waals surface area contributed by atoms with Crippen LogP contribution < -0.4 is 16.8 Å². The van der Waals surface area contributed by atoms with E-state index in [1.165, 1.54) is 0 Å². The summed E-state index contributed by atoms with van der Waals surface area (Å²) in [6.45, 7) is 0. The first-order valence-corrected chi connectivity index (χ1v) is 8.78. The Morgan fingerprint density at radius 1 is 1.25 bits per heavy atom. The van der Waals surface area contributed by atoms with Gasteiger partial charge in [0.05, 0.1) is 11.7 Å². The predicted molar refractivity (Wildman–Crippen MR) is 98.9 cm³/mol. The first-order chi connectivity index (χ1) is 11.6. The quantitative estimate of drug-likeness (QED) is 0.667. The maximum Gasteiger partial charge on any atom is 0.242 e. The van der Waals surface area contributed by atoms with Crippen LogP contribution in [0.15, 0.2) is 52.7 Å². The molecule has 2 aromatic rings.